The lowest BCUT2D eigenvalue weighted by molar-refractivity contribution is 0.310. The molecule has 2 heterocycles. The molecule has 2 unspecified atom stereocenters. The fourth-order valence-electron chi connectivity index (χ4n) is 2.16. The summed E-state index contributed by atoms with van der Waals surface area (Å²) in [6.45, 7) is 5.17. The Labute approximate surface area is 99.5 Å². The highest BCUT2D eigenvalue weighted by Gasteiger charge is 2.17. The largest absolute Gasteiger partial charge is 0.315 e. The molecule has 2 rings (SSSR count). The average Bonchev–Trinajstić information content (AvgIpc) is 2.64. The van der Waals surface area contributed by atoms with Gasteiger partial charge in [-0.25, -0.2) is 0 Å². The van der Waals surface area contributed by atoms with Gasteiger partial charge >= 0.3 is 4.87 Å². The zero-order valence-electron chi connectivity index (χ0n) is 9.58. The molecule has 0 amide bonds. The minimum Gasteiger partial charge on any atom is -0.315 e. The van der Waals surface area contributed by atoms with Crippen LogP contribution >= 0.6 is 11.3 Å². The molecule has 0 aliphatic carbocycles. The third kappa shape index (κ3) is 3.43. The summed E-state index contributed by atoms with van der Waals surface area (Å²) >= 11 is 1.22. The lowest BCUT2D eigenvalue weighted by atomic mass is 9.94. The normalized spacial score (nSPS) is 25.8. The van der Waals surface area contributed by atoms with Crippen LogP contribution in [0.4, 0.5) is 0 Å². The van der Waals surface area contributed by atoms with Crippen molar-refractivity contribution >= 4 is 11.3 Å². The molecule has 4 nitrogen and oxygen atoms in total. The van der Waals surface area contributed by atoms with Gasteiger partial charge in [0.1, 0.15) is 0 Å². The third-order valence-electron chi connectivity index (χ3n) is 3.03. The number of H-pyrrole nitrogens is 1. The lowest BCUT2D eigenvalue weighted by Gasteiger charge is -2.28. The Morgan fingerprint density at radius 2 is 2.50 bits per heavy atom. The predicted octanol–water partition coefficient (Wildman–Crippen LogP) is 0.914. The van der Waals surface area contributed by atoms with E-state index in [1.807, 2.05) is 5.38 Å². The molecule has 0 bridgehead atoms. The van der Waals surface area contributed by atoms with Gasteiger partial charge in [0.2, 0.25) is 0 Å². The van der Waals surface area contributed by atoms with Gasteiger partial charge in [-0.1, -0.05) is 18.3 Å². The van der Waals surface area contributed by atoms with Gasteiger partial charge in [-0.2, -0.15) is 0 Å². The number of thiazole rings is 1. The van der Waals surface area contributed by atoms with Crippen LogP contribution in [0.25, 0.3) is 0 Å². The van der Waals surface area contributed by atoms with E-state index in [4.69, 9.17) is 0 Å². The highest BCUT2D eigenvalue weighted by Crippen LogP contribution is 2.14. The SMILES string of the molecule is CC1CCNC(CNCc2csc(=O)[nH]2)C1. The summed E-state index contributed by atoms with van der Waals surface area (Å²) in [6.07, 6.45) is 2.53. The maximum absolute atomic E-state index is 10.9. The minimum absolute atomic E-state index is 0.0289. The van der Waals surface area contributed by atoms with Gasteiger partial charge < -0.3 is 15.6 Å². The predicted molar refractivity (Wildman–Crippen MR) is 66.8 cm³/mol. The van der Waals surface area contributed by atoms with Crippen LogP contribution < -0.4 is 15.5 Å². The van der Waals surface area contributed by atoms with E-state index >= 15 is 0 Å². The van der Waals surface area contributed by atoms with Gasteiger partial charge in [0.25, 0.3) is 0 Å². The number of hydrogen-bond acceptors (Lipinski definition) is 4. The Kier molecular flexibility index (Phi) is 4.15. The Bertz CT molecular complexity index is 373. The summed E-state index contributed by atoms with van der Waals surface area (Å²) in [6, 6.07) is 0.578. The van der Waals surface area contributed by atoms with E-state index in [1.54, 1.807) is 0 Å². The molecular formula is C11H19N3OS. The molecule has 0 radical (unpaired) electrons. The second-order valence-electron chi connectivity index (χ2n) is 4.58. The standard InChI is InChI=1S/C11H19N3OS/c1-8-2-3-13-9(4-8)5-12-6-10-7-16-11(15)14-10/h7-9,12-13H,2-6H2,1H3,(H,14,15). The molecule has 0 saturated carbocycles. The first-order chi connectivity index (χ1) is 7.74. The van der Waals surface area contributed by atoms with Crippen molar-refractivity contribution in [2.45, 2.75) is 32.4 Å². The van der Waals surface area contributed by atoms with E-state index in [0.29, 0.717) is 6.04 Å². The van der Waals surface area contributed by atoms with Crippen molar-refractivity contribution in [1.82, 2.24) is 15.6 Å². The fraction of sp³-hybridized carbons (Fsp3) is 0.727. The molecule has 1 aliphatic rings. The van der Waals surface area contributed by atoms with Gasteiger partial charge in [0.15, 0.2) is 0 Å². The number of hydrogen-bond donors (Lipinski definition) is 3. The van der Waals surface area contributed by atoms with Crippen molar-refractivity contribution in [3.8, 4) is 0 Å². The quantitative estimate of drug-likeness (QED) is 0.734. The van der Waals surface area contributed by atoms with Crippen LogP contribution in [0, 0.1) is 5.92 Å². The minimum atomic E-state index is 0.0289. The number of rotatable bonds is 4. The van der Waals surface area contributed by atoms with Crippen LogP contribution in [-0.2, 0) is 6.54 Å². The second kappa shape index (κ2) is 5.61. The van der Waals surface area contributed by atoms with Crippen molar-refractivity contribution < 1.29 is 0 Å². The molecule has 3 N–H and O–H groups in total. The zero-order chi connectivity index (χ0) is 11.4. The molecule has 1 aromatic rings. The molecule has 1 aliphatic heterocycles. The molecule has 1 aromatic heterocycles. The second-order valence-corrected chi connectivity index (χ2v) is 5.43. The van der Waals surface area contributed by atoms with E-state index in [-0.39, 0.29) is 4.87 Å². The maximum atomic E-state index is 10.9. The van der Waals surface area contributed by atoms with Gasteiger partial charge in [0, 0.05) is 30.2 Å². The average molecular weight is 241 g/mol. The van der Waals surface area contributed by atoms with Gasteiger partial charge in [-0.3, -0.25) is 4.79 Å². The Hall–Kier alpha value is -0.650. The maximum Gasteiger partial charge on any atom is 0.304 e. The van der Waals surface area contributed by atoms with E-state index in [9.17, 15) is 4.79 Å². The van der Waals surface area contributed by atoms with Crippen molar-refractivity contribution in [2.24, 2.45) is 5.92 Å². The van der Waals surface area contributed by atoms with Gasteiger partial charge in [0.05, 0.1) is 0 Å². The van der Waals surface area contributed by atoms with Crippen LogP contribution in [-0.4, -0.2) is 24.1 Å². The van der Waals surface area contributed by atoms with Crippen LogP contribution in [0.3, 0.4) is 0 Å². The molecule has 0 spiro atoms. The number of nitrogens with one attached hydrogen (secondary N) is 3. The topological polar surface area (TPSA) is 56.9 Å². The highest BCUT2D eigenvalue weighted by molar-refractivity contribution is 7.07. The highest BCUT2D eigenvalue weighted by atomic mass is 32.1. The molecule has 0 aromatic carbocycles. The zero-order valence-corrected chi connectivity index (χ0v) is 10.4. The third-order valence-corrected chi connectivity index (χ3v) is 3.75. The van der Waals surface area contributed by atoms with Crippen molar-refractivity contribution in [1.29, 1.82) is 0 Å². The van der Waals surface area contributed by atoms with Crippen molar-refractivity contribution in [3.63, 3.8) is 0 Å². The fourth-order valence-corrected chi connectivity index (χ4v) is 2.74. The summed E-state index contributed by atoms with van der Waals surface area (Å²) in [5, 5.41) is 8.77. The van der Waals surface area contributed by atoms with Crippen LogP contribution in [0.1, 0.15) is 25.5 Å². The number of aromatic nitrogens is 1. The first kappa shape index (κ1) is 11.8. The van der Waals surface area contributed by atoms with E-state index in [2.05, 4.69) is 22.5 Å². The van der Waals surface area contributed by atoms with Gasteiger partial charge in [-0.05, 0) is 25.3 Å². The summed E-state index contributed by atoms with van der Waals surface area (Å²) in [5.41, 5.74) is 0.985. The molecule has 2 atom stereocenters. The molecule has 16 heavy (non-hydrogen) atoms. The molecule has 5 heteroatoms. The Balaban J connectivity index is 1.69. The molecule has 1 fully saturated rings. The molecule has 1 saturated heterocycles. The van der Waals surface area contributed by atoms with E-state index in [1.165, 1.54) is 24.2 Å². The summed E-state index contributed by atoms with van der Waals surface area (Å²) < 4.78 is 0. The van der Waals surface area contributed by atoms with Crippen LogP contribution in [0.15, 0.2) is 10.2 Å². The number of aromatic amines is 1. The van der Waals surface area contributed by atoms with Gasteiger partial charge in [-0.15, -0.1) is 0 Å². The van der Waals surface area contributed by atoms with Crippen LogP contribution in [0.5, 0.6) is 0 Å². The Morgan fingerprint density at radius 3 is 3.19 bits per heavy atom. The first-order valence-corrected chi connectivity index (χ1v) is 6.73. The summed E-state index contributed by atoms with van der Waals surface area (Å²) in [7, 11) is 0. The van der Waals surface area contributed by atoms with Crippen molar-refractivity contribution in [3.05, 3.63) is 20.7 Å². The van der Waals surface area contributed by atoms with Crippen molar-refractivity contribution in [2.75, 3.05) is 13.1 Å². The monoisotopic (exact) mass is 241 g/mol. The number of piperidine rings is 1. The summed E-state index contributed by atoms with van der Waals surface area (Å²) in [5.74, 6) is 0.828. The Morgan fingerprint density at radius 1 is 1.62 bits per heavy atom. The van der Waals surface area contributed by atoms with E-state index < -0.39 is 0 Å². The summed E-state index contributed by atoms with van der Waals surface area (Å²) in [4.78, 5) is 13.8. The molecule has 90 valence electrons. The van der Waals surface area contributed by atoms with Crippen LogP contribution in [0.2, 0.25) is 0 Å². The first-order valence-electron chi connectivity index (χ1n) is 5.85. The lowest BCUT2D eigenvalue weighted by Crippen LogP contribution is -2.43. The van der Waals surface area contributed by atoms with E-state index in [0.717, 1.165) is 31.2 Å². The smallest absolute Gasteiger partial charge is 0.304 e. The molecular weight excluding hydrogens is 222 g/mol.